The maximum absolute atomic E-state index is 12.0. The van der Waals surface area contributed by atoms with Crippen LogP contribution in [0.3, 0.4) is 0 Å². The van der Waals surface area contributed by atoms with Crippen molar-refractivity contribution in [3.63, 3.8) is 0 Å². The van der Waals surface area contributed by atoms with Crippen LogP contribution in [0.15, 0.2) is 54.6 Å². The highest BCUT2D eigenvalue weighted by Gasteiger charge is 2.21. The van der Waals surface area contributed by atoms with Crippen LogP contribution >= 0.6 is 0 Å². The van der Waals surface area contributed by atoms with E-state index in [1.165, 1.54) is 0 Å². The molecule has 0 aliphatic heterocycles. The van der Waals surface area contributed by atoms with Crippen LogP contribution in [0, 0.1) is 0 Å². The molecule has 0 aromatic heterocycles. The Bertz CT molecular complexity index is 590. The molecule has 0 unspecified atom stereocenters. The molecule has 0 fully saturated rings. The predicted octanol–water partition coefficient (Wildman–Crippen LogP) is 4.85. The number of carbonyl (C=O) groups excluding carboxylic acids is 1. The Morgan fingerprint density at radius 3 is 2.22 bits per heavy atom. The van der Waals surface area contributed by atoms with Gasteiger partial charge in [-0.1, -0.05) is 55.8 Å². The van der Waals surface area contributed by atoms with Crippen LogP contribution in [0.1, 0.15) is 33.1 Å². The smallest absolute Gasteiger partial charge is 0.347 e. The second-order valence-corrected chi connectivity index (χ2v) is 5.39. The molecule has 2 rings (SSSR count). The Balaban J connectivity index is 2.06. The van der Waals surface area contributed by atoms with Gasteiger partial charge in [-0.2, -0.15) is 0 Å². The molecule has 0 bridgehead atoms. The van der Waals surface area contributed by atoms with Gasteiger partial charge in [-0.05, 0) is 43.0 Å². The summed E-state index contributed by atoms with van der Waals surface area (Å²) in [6, 6.07) is 18.0. The first-order valence-corrected chi connectivity index (χ1v) is 8.23. The van der Waals surface area contributed by atoms with Gasteiger partial charge in [0.15, 0.2) is 6.10 Å². The maximum atomic E-state index is 12.0. The number of esters is 1. The Hall–Kier alpha value is -2.29. The molecule has 0 saturated heterocycles. The van der Waals surface area contributed by atoms with Crippen molar-refractivity contribution in [2.75, 3.05) is 6.61 Å². The van der Waals surface area contributed by atoms with Gasteiger partial charge in [-0.3, -0.25) is 0 Å². The summed E-state index contributed by atoms with van der Waals surface area (Å²) in [6.07, 6.45) is 2.10. The summed E-state index contributed by atoms with van der Waals surface area (Å²) in [7, 11) is 0. The SMILES string of the molecule is CCCC[C@@H](Oc1ccc(-c2ccccc2)cc1)C(=O)OCC. The lowest BCUT2D eigenvalue weighted by molar-refractivity contribution is -0.151. The molecule has 0 saturated carbocycles. The Morgan fingerprint density at radius 1 is 0.957 bits per heavy atom. The maximum Gasteiger partial charge on any atom is 0.347 e. The standard InChI is InChI=1S/C20H24O3/c1-3-5-11-19(20(21)22-4-2)23-18-14-12-17(13-15-18)16-9-7-6-8-10-16/h6-10,12-15,19H,3-5,11H2,1-2H3/t19-/m1/s1. The average Bonchev–Trinajstić information content (AvgIpc) is 2.60. The molecule has 0 spiro atoms. The van der Waals surface area contributed by atoms with Gasteiger partial charge in [0.2, 0.25) is 0 Å². The van der Waals surface area contributed by atoms with Gasteiger partial charge in [0.1, 0.15) is 5.75 Å². The fourth-order valence-electron chi connectivity index (χ4n) is 2.37. The molecule has 0 radical (unpaired) electrons. The Kier molecular flexibility index (Phi) is 6.67. The van der Waals surface area contributed by atoms with E-state index < -0.39 is 6.10 Å². The number of ether oxygens (including phenoxy) is 2. The molecule has 0 amide bonds. The molecule has 3 heteroatoms. The van der Waals surface area contributed by atoms with E-state index in [1.54, 1.807) is 0 Å². The summed E-state index contributed by atoms with van der Waals surface area (Å²) < 4.78 is 10.9. The highest BCUT2D eigenvalue weighted by Crippen LogP contribution is 2.23. The van der Waals surface area contributed by atoms with Gasteiger partial charge in [0.05, 0.1) is 6.61 Å². The summed E-state index contributed by atoms with van der Waals surface area (Å²) in [5.41, 5.74) is 2.28. The van der Waals surface area contributed by atoms with Gasteiger partial charge in [-0.15, -0.1) is 0 Å². The second kappa shape index (κ2) is 8.99. The van der Waals surface area contributed by atoms with E-state index in [1.807, 2.05) is 49.4 Å². The van der Waals surface area contributed by atoms with Crippen LogP contribution in [0.2, 0.25) is 0 Å². The molecule has 2 aromatic carbocycles. The van der Waals surface area contributed by atoms with Gasteiger partial charge in [0.25, 0.3) is 0 Å². The van der Waals surface area contributed by atoms with Gasteiger partial charge < -0.3 is 9.47 Å². The fraction of sp³-hybridized carbons (Fsp3) is 0.350. The lowest BCUT2D eigenvalue weighted by Crippen LogP contribution is -2.29. The summed E-state index contributed by atoms with van der Waals surface area (Å²) in [6.45, 7) is 4.28. The molecule has 3 nitrogen and oxygen atoms in total. The summed E-state index contributed by atoms with van der Waals surface area (Å²) in [4.78, 5) is 12.0. The minimum atomic E-state index is -0.530. The van der Waals surface area contributed by atoms with Gasteiger partial charge in [-0.25, -0.2) is 4.79 Å². The number of carbonyl (C=O) groups is 1. The third-order valence-corrected chi connectivity index (χ3v) is 3.61. The first-order valence-electron chi connectivity index (χ1n) is 8.23. The first-order chi connectivity index (χ1) is 11.2. The molecule has 0 N–H and O–H groups in total. The van der Waals surface area contributed by atoms with Gasteiger partial charge >= 0.3 is 5.97 Å². The molecule has 122 valence electrons. The van der Waals surface area contributed by atoms with E-state index in [0.29, 0.717) is 18.8 Å². The number of unbranched alkanes of at least 4 members (excludes halogenated alkanes) is 1. The molecule has 0 aliphatic rings. The highest BCUT2D eigenvalue weighted by molar-refractivity contribution is 5.75. The van der Waals surface area contributed by atoms with Crippen LogP contribution in [0.25, 0.3) is 11.1 Å². The van der Waals surface area contributed by atoms with E-state index in [0.717, 1.165) is 24.0 Å². The van der Waals surface area contributed by atoms with E-state index in [-0.39, 0.29) is 5.97 Å². The summed E-state index contributed by atoms with van der Waals surface area (Å²) in [5.74, 6) is 0.409. The zero-order valence-corrected chi connectivity index (χ0v) is 13.8. The van der Waals surface area contributed by atoms with Crippen molar-refractivity contribution in [3.05, 3.63) is 54.6 Å². The van der Waals surface area contributed by atoms with Crippen molar-refractivity contribution in [2.45, 2.75) is 39.2 Å². The van der Waals surface area contributed by atoms with Crippen molar-refractivity contribution in [1.29, 1.82) is 0 Å². The van der Waals surface area contributed by atoms with E-state index >= 15 is 0 Å². The molecule has 2 aromatic rings. The third-order valence-electron chi connectivity index (χ3n) is 3.61. The van der Waals surface area contributed by atoms with Crippen LogP contribution < -0.4 is 4.74 Å². The molecule has 23 heavy (non-hydrogen) atoms. The third kappa shape index (κ3) is 5.13. The molecule has 0 heterocycles. The van der Waals surface area contributed by atoms with Gasteiger partial charge in [0, 0.05) is 0 Å². The van der Waals surface area contributed by atoms with Crippen molar-refractivity contribution in [2.24, 2.45) is 0 Å². The van der Waals surface area contributed by atoms with Crippen molar-refractivity contribution < 1.29 is 14.3 Å². The van der Waals surface area contributed by atoms with Crippen molar-refractivity contribution in [3.8, 4) is 16.9 Å². The highest BCUT2D eigenvalue weighted by atomic mass is 16.6. The molecular weight excluding hydrogens is 288 g/mol. The summed E-state index contributed by atoms with van der Waals surface area (Å²) >= 11 is 0. The van der Waals surface area contributed by atoms with E-state index in [9.17, 15) is 4.79 Å². The minimum absolute atomic E-state index is 0.284. The first kappa shape index (κ1) is 17.1. The number of hydrogen-bond acceptors (Lipinski definition) is 3. The Morgan fingerprint density at radius 2 is 1.61 bits per heavy atom. The second-order valence-electron chi connectivity index (χ2n) is 5.39. The van der Waals surface area contributed by atoms with E-state index in [4.69, 9.17) is 9.47 Å². The zero-order valence-electron chi connectivity index (χ0n) is 13.8. The lowest BCUT2D eigenvalue weighted by atomic mass is 10.1. The largest absolute Gasteiger partial charge is 0.479 e. The normalized spacial score (nSPS) is 11.7. The topological polar surface area (TPSA) is 35.5 Å². The minimum Gasteiger partial charge on any atom is -0.479 e. The van der Waals surface area contributed by atoms with E-state index in [2.05, 4.69) is 19.1 Å². The number of rotatable bonds is 8. The lowest BCUT2D eigenvalue weighted by Gasteiger charge is -2.17. The van der Waals surface area contributed by atoms with Crippen LogP contribution in [0.4, 0.5) is 0 Å². The Labute approximate surface area is 138 Å². The van der Waals surface area contributed by atoms with Crippen LogP contribution in [-0.4, -0.2) is 18.7 Å². The van der Waals surface area contributed by atoms with Crippen molar-refractivity contribution in [1.82, 2.24) is 0 Å². The predicted molar refractivity (Wildman–Crippen MR) is 92.5 cm³/mol. The molecular formula is C20H24O3. The number of hydrogen-bond donors (Lipinski definition) is 0. The fourth-order valence-corrected chi connectivity index (χ4v) is 2.37. The quantitative estimate of drug-likeness (QED) is 0.653. The summed E-state index contributed by atoms with van der Waals surface area (Å²) in [5, 5.41) is 0. The van der Waals surface area contributed by atoms with Crippen LogP contribution in [0.5, 0.6) is 5.75 Å². The molecule has 1 atom stereocenters. The zero-order chi connectivity index (χ0) is 16.5. The molecule has 0 aliphatic carbocycles. The van der Waals surface area contributed by atoms with Crippen LogP contribution in [-0.2, 0) is 9.53 Å². The van der Waals surface area contributed by atoms with Crippen molar-refractivity contribution >= 4 is 5.97 Å². The average molecular weight is 312 g/mol. The monoisotopic (exact) mass is 312 g/mol. The number of benzene rings is 2.